The molecule has 0 bridgehead atoms. The molecule has 1 amide bonds. The average molecular weight is 361 g/mol. The van der Waals surface area contributed by atoms with Gasteiger partial charge >= 0.3 is 5.97 Å². The fourth-order valence-electron chi connectivity index (χ4n) is 2.46. The van der Waals surface area contributed by atoms with E-state index in [1.54, 1.807) is 36.4 Å². The van der Waals surface area contributed by atoms with E-state index in [1.165, 1.54) is 7.11 Å². The van der Waals surface area contributed by atoms with Crippen molar-refractivity contribution >= 4 is 23.5 Å². The van der Waals surface area contributed by atoms with Crippen LogP contribution in [0.2, 0.25) is 5.02 Å². The highest BCUT2D eigenvalue weighted by Crippen LogP contribution is 2.14. The van der Waals surface area contributed by atoms with Gasteiger partial charge in [0.15, 0.2) is 0 Å². The van der Waals surface area contributed by atoms with E-state index in [2.05, 4.69) is 4.98 Å². The number of methoxy groups -OCH3 is 1. The lowest BCUT2D eigenvalue weighted by Crippen LogP contribution is -2.37. The maximum atomic E-state index is 12.8. The zero-order valence-electron chi connectivity index (χ0n) is 14.3. The van der Waals surface area contributed by atoms with Gasteiger partial charge in [0.1, 0.15) is 0 Å². The van der Waals surface area contributed by atoms with Crippen molar-refractivity contribution in [2.75, 3.05) is 13.7 Å². The summed E-state index contributed by atoms with van der Waals surface area (Å²) in [7, 11) is 1.35. The minimum Gasteiger partial charge on any atom is -0.469 e. The highest BCUT2D eigenvalue weighted by atomic mass is 35.5. The summed E-state index contributed by atoms with van der Waals surface area (Å²) >= 11 is 5.89. The molecule has 0 radical (unpaired) electrons. The van der Waals surface area contributed by atoms with E-state index in [-0.39, 0.29) is 18.3 Å². The molecule has 0 aliphatic heterocycles. The first-order valence-corrected chi connectivity index (χ1v) is 8.36. The monoisotopic (exact) mass is 360 g/mol. The van der Waals surface area contributed by atoms with Gasteiger partial charge < -0.3 is 9.64 Å². The lowest BCUT2D eigenvalue weighted by molar-refractivity contribution is -0.146. The molecular weight excluding hydrogens is 340 g/mol. The summed E-state index contributed by atoms with van der Waals surface area (Å²) in [6.45, 7) is 2.46. The summed E-state index contributed by atoms with van der Waals surface area (Å²) in [5.41, 5.74) is 1.83. The van der Waals surface area contributed by atoms with Gasteiger partial charge in [-0.2, -0.15) is 0 Å². The van der Waals surface area contributed by atoms with E-state index in [1.807, 2.05) is 24.3 Å². The van der Waals surface area contributed by atoms with Gasteiger partial charge in [-0.15, -0.1) is 0 Å². The molecule has 0 saturated heterocycles. The second kappa shape index (κ2) is 9.18. The molecule has 1 heterocycles. The third kappa shape index (κ3) is 5.87. The number of aromatic nitrogens is 1. The Bertz CT molecular complexity index is 704. The normalized spacial score (nSPS) is 11.6. The molecule has 1 atom stereocenters. The van der Waals surface area contributed by atoms with E-state index in [4.69, 9.17) is 16.3 Å². The van der Waals surface area contributed by atoms with Gasteiger partial charge in [-0.05, 0) is 35.4 Å². The lowest BCUT2D eigenvalue weighted by atomic mass is 10.1. The van der Waals surface area contributed by atoms with Crippen LogP contribution in [0, 0.1) is 5.92 Å². The van der Waals surface area contributed by atoms with Crippen LogP contribution < -0.4 is 0 Å². The van der Waals surface area contributed by atoms with E-state index < -0.39 is 5.92 Å². The number of amides is 1. The summed E-state index contributed by atoms with van der Waals surface area (Å²) in [5, 5.41) is 0.629. The van der Waals surface area contributed by atoms with Crippen LogP contribution in [-0.2, 0) is 27.3 Å². The quantitative estimate of drug-likeness (QED) is 0.712. The molecule has 6 heteroatoms. The summed E-state index contributed by atoms with van der Waals surface area (Å²) in [6, 6.07) is 10.9. The second-order valence-corrected chi connectivity index (χ2v) is 6.29. The number of carbonyl (C=O) groups is 2. The van der Waals surface area contributed by atoms with Crippen LogP contribution >= 0.6 is 11.6 Å². The number of hydrogen-bond acceptors (Lipinski definition) is 4. The van der Waals surface area contributed by atoms with Crippen molar-refractivity contribution in [2.45, 2.75) is 19.9 Å². The number of benzene rings is 1. The minimum absolute atomic E-state index is 0.0603. The topological polar surface area (TPSA) is 59.5 Å². The van der Waals surface area contributed by atoms with Gasteiger partial charge in [0.25, 0.3) is 0 Å². The lowest BCUT2D eigenvalue weighted by Gasteiger charge is -2.25. The van der Waals surface area contributed by atoms with Crippen LogP contribution in [0.3, 0.4) is 0 Å². The zero-order valence-corrected chi connectivity index (χ0v) is 15.1. The SMILES string of the molecule is COC(=O)C(C)CN(Cc1ccncc1)C(=O)Cc1ccc(Cl)cc1. The molecule has 0 aliphatic carbocycles. The first kappa shape index (κ1) is 18.9. The van der Waals surface area contributed by atoms with Gasteiger partial charge in [-0.25, -0.2) is 0 Å². The Morgan fingerprint density at radius 1 is 1.12 bits per heavy atom. The van der Waals surface area contributed by atoms with Crippen LogP contribution in [0.15, 0.2) is 48.8 Å². The number of esters is 1. The first-order valence-electron chi connectivity index (χ1n) is 7.98. The molecule has 0 aliphatic rings. The molecule has 0 spiro atoms. The van der Waals surface area contributed by atoms with Crippen molar-refractivity contribution < 1.29 is 14.3 Å². The smallest absolute Gasteiger partial charge is 0.310 e. The average Bonchev–Trinajstić information content (AvgIpc) is 2.63. The third-order valence-electron chi connectivity index (χ3n) is 3.84. The van der Waals surface area contributed by atoms with Crippen LogP contribution in [0.5, 0.6) is 0 Å². The number of hydrogen-bond donors (Lipinski definition) is 0. The van der Waals surface area contributed by atoms with E-state index >= 15 is 0 Å². The molecule has 5 nitrogen and oxygen atoms in total. The number of rotatable bonds is 7. The van der Waals surface area contributed by atoms with Crippen molar-refractivity contribution in [1.29, 1.82) is 0 Å². The Kier molecular flexibility index (Phi) is 6.95. The van der Waals surface area contributed by atoms with Gasteiger partial charge in [0, 0.05) is 30.5 Å². The second-order valence-electron chi connectivity index (χ2n) is 5.86. The molecule has 2 aromatic rings. The number of carbonyl (C=O) groups excluding carboxylic acids is 2. The number of nitrogens with zero attached hydrogens (tertiary/aromatic N) is 2. The van der Waals surface area contributed by atoms with Crippen molar-refractivity contribution in [1.82, 2.24) is 9.88 Å². The Labute approximate surface area is 152 Å². The fourth-order valence-corrected chi connectivity index (χ4v) is 2.58. The van der Waals surface area contributed by atoms with Crippen LogP contribution in [0.4, 0.5) is 0 Å². The van der Waals surface area contributed by atoms with Gasteiger partial charge in [-0.3, -0.25) is 14.6 Å². The fraction of sp³-hybridized carbons (Fsp3) is 0.316. The van der Waals surface area contributed by atoms with Gasteiger partial charge in [0.2, 0.25) is 5.91 Å². The molecule has 132 valence electrons. The molecule has 1 aromatic heterocycles. The van der Waals surface area contributed by atoms with E-state index in [0.717, 1.165) is 11.1 Å². The maximum absolute atomic E-state index is 12.8. The Morgan fingerprint density at radius 2 is 1.76 bits per heavy atom. The minimum atomic E-state index is -0.402. The predicted molar refractivity (Wildman–Crippen MR) is 96.0 cm³/mol. The molecular formula is C19H21ClN2O3. The van der Waals surface area contributed by atoms with E-state index in [9.17, 15) is 9.59 Å². The number of ether oxygens (including phenoxy) is 1. The highest BCUT2D eigenvalue weighted by molar-refractivity contribution is 6.30. The molecule has 1 unspecified atom stereocenters. The number of pyridine rings is 1. The summed E-state index contributed by atoms with van der Waals surface area (Å²) in [4.78, 5) is 30.2. The number of halogens is 1. The predicted octanol–water partition coefficient (Wildman–Crippen LogP) is 3.12. The summed E-state index contributed by atoms with van der Waals surface area (Å²) in [5.74, 6) is -0.796. The standard InChI is InChI=1S/C19H21ClN2O3/c1-14(19(24)25-2)12-22(13-16-7-9-21-10-8-16)18(23)11-15-3-5-17(20)6-4-15/h3-10,14H,11-13H2,1-2H3. The Balaban J connectivity index is 2.12. The van der Waals surface area contributed by atoms with Crippen LogP contribution in [0.25, 0.3) is 0 Å². The van der Waals surface area contributed by atoms with Crippen molar-refractivity contribution in [2.24, 2.45) is 5.92 Å². The largest absolute Gasteiger partial charge is 0.469 e. The molecule has 1 aromatic carbocycles. The first-order chi connectivity index (χ1) is 12.0. The molecule has 2 rings (SSSR count). The Morgan fingerprint density at radius 3 is 2.36 bits per heavy atom. The van der Waals surface area contributed by atoms with Crippen LogP contribution in [0.1, 0.15) is 18.1 Å². The van der Waals surface area contributed by atoms with Crippen molar-refractivity contribution in [3.05, 3.63) is 64.9 Å². The highest BCUT2D eigenvalue weighted by Gasteiger charge is 2.22. The molecule has 25 heavy (non-hydrogen) atoms. The Hall–Kier alpha value is -2.40. The molecule has 0 saturated carbocycles. The third-order valence-corrected chi connectivity index (χ3v) is 4.09. The zero-order chi connectivity index (χ0) is 18.2. The van der Waals surface area contributed by atoms with Gasteiger partial charge in [-0.1, -0.05) is 30.7 Å². The summed E-state index contributed by atoms with van der Waals surface area (Å²) in [6.07, 6.45) is 3.61. The summed E-state index contributed by atoms with van der Waals surface area (Å²) < 4.78 is 4.77. The van der Waals surface area contributed by atoms with Crippen molar-refractivity contribution in [3.8, 4) is 0 Å². The molecule has 0 N–H and O–H groups in total. The van der Waals surface area contributed by atoms with Crippen LogP contribution in [-0.4, -0.2) is 35.4 Å². The van der Waals surface area contributed by atoms with Gasteiger partial charge in [0.05, 0.1) is 19.4 Å². The maximum Gasteiger partial charge on any atom is 0.310 e. The van der Waals surface area contributed by atoms with E-state index in [0.29, 0.717) is 18.1 Å². The van der Waals surface area contributed by atoms with Crippen molar-refractivity contribution in [3.63, 3.8) is 0 Å². The molecule has 0 fully saturated rings.